The lowest BCUT2D eigenvalue weighted by molar-refractivity contribution is -0.153. The van der Waals surface area contributed by atoms with Crippen LogP contribution in [0, 0.1) is 6.92 Å². The molecular weight excluding hydrogens is 504 g/mol. The van der Waals surface area contributed by atoms with E-state index in [1.165, 1.54) is 4.90 Å². The number of rotatable bonds is 7. The number of nitrogens with zero attached hydrogens (tertiary/aromatic N) is 3. The molecule has 1 aliphatic heterocycles. The van der Waals surface area contributed by atoms with Gasteiger partial charge in [-0.2, -0.15) is 0 Å². The van der Waals surface area contributed by atoms with E-state index in [-0.39, 0.29) is 12.6 Å². The molecule has 3 N–H and O–H groups in total. The molecule has 1 unspecified atom stereocenters. The zero-order valence-corrected chi connectivity index (χ0v) is 21.7. The average molecular weight is 533 g/mol. The predicted molar refractivity (Wildman–Crippen MR) is 145 cm³/mol. The molecule has 4 aromatic rings. The summed E-state index contributed by atoms with van der Waals surface area (Å²) < 4.78 is 2.05. The van der Waals surface area contributed by atoms with Gasteiger partial charge in [-0.05, 0) is 67.3 Å². The number of carbonyl (C=O) groups excluding carboxylic acids is 2. The molecule has 0 saturated carbocycles. The number of hydrogen-bond donors (Lipinski definition) is 3. The number of para-hydroxylation sites is 2. The van der Waals surface area contributed by atoms with Gasteiger partial charge in [-0.3, -0.25) is 14.2 Å². The van der Waals surface area contributed by atoms with E-state index in [2.05, 4.69) is 14.9 Å². The van der Waals surface area contributed by atoms with Crippen molar-refractivity contribution in [3.05, 3.63) is 94.8 Å². The van der Waals surface area contributed by atoms with E-state index in [0.29, 0.717) is 18.0 Å². The quantitative estimate of drug-likeness (QED) is 0.336. The summed E-state index contributed by atoms with van der Waals surface area (Å²) in [5.74, 6) is -0.628. The van der Waals surface area contributed by atoms with Crippen molar-refractivity contribution in [2.75, 3.05) is 6.54 Å². The number of aliphatic hydroxyl groups is 2. The molecule has 5 rings (SSSR count). The maximum absolute atomic E-state index is 13.0. The molecule has 0 aliphatic carbocycles. The van der Waals surface area contributed by atoms with Gasteiger partial charge in [0.2, 0.25) is 0 Å². The largest absolute Gasteiger partial charge is 0.380 e. The Morgan fingerprint density at radius 3 is 2.58 bits per heavy atom. The van der Waals surface area contributed by atoms with Gasteiger partial charge in [0.25, 0.3) is 11.8 Å². The number of aliphatic hydroxyl groups excluding tert-OH is 2. The number of halogens is 1. The summed E-state index contributed by atoms with van der Waals surface area (Å²) in [4.78, 5) is 31.7. The monoisotopic (exact) mass is 532 g/mol. The summed E-state index contributed by atoms with van der Waals surface area (Å²) in [6.45, 7) is 2.51. The van der Waals surface area contributed by atoms with Crippen molar-refractivity contribution in [3.8, 4) is 5.69 Å². The highest BCUT2D eigenvalue weighted by molar-refractivity contribution is 6.30. The molecule has 2 heterocycles. The molecule has 3 atom stereocenters. The number of aryl methyl sites for hydroxylation is 1. The van der Waals surface area contributed by atoms with Crippen LogP contribution in [-0.2, 0) is 16.1 Å². The van der Waals surface area contributed by atoms with Crippen molar-refractivity contribution in [1.29, 1.82) is 0 Å². The number of carbonyl (C=O) groups is 2. The van der Waals surface area contributed by atoms with Gasteiger partial charge in [-0.15, -0.1) is 0 Å². The first-order valence-corrected chi connectivity index (χ1v) is 12.9. The first-order valence-electron chi connectivity index (χ1n) is 12.6. The van der Waals surface area contributed by atoms with E-state index >= 15 is 0 Å². The van der Waals surface area contributed by atoms with Crippen LogP contribution in [0.5, 0.6) is 0 Å². The second-order valence-electron chi connectivity index (χ2n) is 9.50. The first-order chi connectivity index (χ1) is 18.3. The van der Waals surface area contributed by atoms with Crippen molar-refractivity contribution >= 4 is 34.4 Å². The highest BCUT2D eigenvalue weighted by atomic mass is 35.5. The first kappa shape index (κ1) is 25.9. The second-order valence-corrected chi connectivity index (χ2v) is 9.94. The van der Waals surface area contributed by atoms with Gasteiger partial charge in [-0.25, -0.2) is 4.98 Å². The Morgan fingerprint density at radius 2 is 1.82 bits per heavy atom. The molecule has 196 valence electrons. The topological polar surface area (TPSA) is 108 Å². The smallest absolute Gasteiger partial charge is 0.255 e. The fourth-order valence-electron chi connectivity index (χ4n) is 5.07. The van der Waals surface area contributed by atoms with Crippen molar-refractivity contribution < 1.29 is 19.8 Å². The minimum absolute atomic E-state index is 0.135. The minimum Gasteiger partial charge on any atom is -0.380 e. The Kier molecular flexibility index (Phi) is 7.46. The van der Waals surface area contributed by atoms with Gasteiger partial charge in [0.1, 0.15) is 5.82 Å². The van der Waals surface area contributed by atoms with Crippen LogP contribution in [0.1, 0.15) is 35.8 Å². The zero-order valence-electron chi connectivity index (χ0n) is 20.9. The highest BCUT2D eigenvalue weighted by Crippen LogP contribution is 2.33. The van der Waals surface area contributed by atoms with Crippen LogP contribution in [-0.4, -0.2) is 55.2 Å². The average Bonchev–Trinajstić information content (AvgIpc) is 3.55. The molecule has 1 fully saturated rings. The summed E-state index contributed by atoms with van der Waals surface area (Å²) in [5.41, 5.74) is 4.52. The number of imidazole rings is 1. The van der Waals surface area contributed by atoms with Crippen molar-refractivity contribution in [3.63, 3.8) is 0 Å². The van der Waals surface area contributed by atoms with Crippen LogP contribution >= 0.6 is 11.6 Å². The summed E-state index contributed by atoms with van der Waals surface area (Å²) in [6.07, 6.45) is -2.29. The second kappa shape index (κ2) is 10.9. The lowest BCUT2D eigenvalue weighted by atomic mass is 10.0. The van der Waals surface area contributed by atoms with E-state index in [1.54, 1.807) is 12.1 Å². The molecule has 0 spiro atoms. The van der Waals surface area contributed by atoms with Gasteiger partial charge < -0.3 is 20.4 Å². The number of benzene rings is 3. The SMILES string of the molecule is Cc1nc2ccccc2n1-c1ccc(CNC(=O)[C@H](O)[C@@H](O)C(=O)N2CCCC2c2cccc(Cl)c2)cc1. The van der Waals surface area contributed by atoms with Gasteiger partial charge >= 0.3 is 0 Å². The third kappa shape index (κ3) is 5.15. The Bertz CT molecular complexity index is 1470. The van der Waals surface area contributed by atoms with Gasteiger partial charge in [0.15, 0.2) is 12.2 Å². The molecular formula is C29H29ClN4O4. The Morgan fingerprint density at radius 1 is 1.05 bits per heavy atom. The lowest BCUT2D eigenvalue weighted by Crippen LogP contribution is -2.50. The Hall–Kier alpha value is -3.72. The molecule has 38 heavy (non-hydrogen) atoms. The maximum atomic E-state index is 13.0. The van der Waals surface area contributed by atoms with Crippen LogP contribution in [0.25, 0.3) is 16.7 Å². The molecule has 0 radical (unpaired) electrons. The van der Waals surface area contributed by atoms with E-state index in [1.807, 2.05) is 67.6 Å². The summed E-state index contributed by atoms with van der Waals surface area (Å²) in [5, 5.41) is 24.2. The highest BCUT2D eigenvalue weighted by Gasteiger charge is 2.38. The van der Waals surface area contributed by atoms with Crippen LogP contribution < -0.4 is 5.32 Å². The third-order valence-electron chi connectivity index (χ3n) is 6.98. The van der Waals surface area contributed by atoms with Crippen LogP contribution in [0.15, 0.2) is 72.8 Å². The molecule has 2 amide bonds. The summed E-state index contributed by atoms with van der Waals surface area (Å²) >= 11 is 6.11. The lowest BCUT2D eigenvalue weighted by Gasteiger charge is -2.28. The van der Waals surface area contributed by atoms with E-state index in [9.17, 15) is 19.8 Å². The maximum Gasteiger partial charge on any atom is 0.255 e. The fourth-order valence-corrected chi connectivity index (χ4v) is 5.27. The molecule has 9 heteroatoms. The third-order valence-corrected chi connectivity index (χ3v) is 7.21. The summed E-state index contributed by atoms with van der Waals surface area (Å²) in [7, 11) is 0. The molecule has 1 saturated heterocycles. The number of aromatic nitrogens is 2. The Labute approximate surface area is 225 Å². The van der Waals surface area contributed by atoms with Crippen LogP contribution in [0.4, 0.5) is 0 Å². The molecule has 1 aromatic heterocycles. The minimum atomic E-state index is -1.89. The fraction of sp³-hybridized carbons (Fsp3) is 0.276. The number of nitrogens with one attached hydrogen (secondary N) is 1. The van der Waals surface area contributed by atoms with Crippen molar-refractivity contribution in [1.82, 2.24) is 19.8 Å². The van der Waals surface area contributed by atoms with E-state index in [0.717, 1.165) is 40.1 Å². The summed E-state index contributed by atoms with van der Waals surface area (Å²) in [6, 6.07) is 22.5. The molecule has 8 nitrogen and oxygen atoms in total. The standard InChI is InChI=1S/C29H29ClN4O4/c1-18-32-23-8-2-3-9-25(23)34(18)22-13-11-19(12-14-22)17-31-28(37)26(35)27(36)29(38)33-15-5-10-24(33)20-6-4-7-21(30)16-20/h2-4,6-9,11-14,16,24,26-27,35-36H,5,10,15,17H2,1H3,(H,31,37)/t24?,26-,27-/m1/s1. The predicted octanol–water partition coefficient (Wildman–Crippen LogP) is 3.69. The van der Waals surface area contributed by atoms with Gasteiger partial charge in [-0.1, -0.05) is 48.0 Å². The zero-order chi connectivity index (χ0) is 26.8. The molecule has 1 aliphatic rings. The number of likely N-dealkylation sites (tertiary alicyclic amines) is 1. The van der Waals surface area contributed by atoms with E-state index < -0.39 is 24.0 Å². The number of hydrogen-bond acceptors (Lipinski definition) is 5. The molecule has 3 aromatic carbocycles. The van der Waals surface area contributed by atoms with E-state index in [4.69, 9.17) is 11.6 Å². The van der Waals surface area contributed by atoms with Gasteiger partial charge in [0, 0.05) is 23.8 Å². The van der Waals surface area contributed by atoms with Gasteiger partial charge in [0.05, 0.1) is 17.1 Å². The van der Waals surface area contributed by atoms with Crippen molar-refractivity contribution in [2.45, 2.75) is 44.6 Å². The van der Waals surface area contributed by atoms with Crippen LogP contribution in [0.2, 0.25) is 5.02 Å². The normalized spacial score (nSPS) is 16.9. The Balaban J connectivity index is 1.20. The number of fused-ring (bicyclic) bond motifs is 1. The molecule has 0 bridgehead atoms. The van der Waals surface area contributed by atoms with Crippen LogP contribution in [0.3, 0.4) is 0 Å². The van der Waals surface area contributed by atoms with Crippen molar-refractivity contribution in [2.24, 2.45) is 0 Å². The number of amides is 2.